The number of carbonyl (C=O) groups is 2. The van der Waals surface area contributed by atoms with Crippen molar-refractivity contribution in [3.05, 3.63) is 0 Å². The van der Waals surface area contributed by atoms with Crippen molar-refractivity contribution in [1.82, 2.24) is 0 Å². The van der Waals surface area contributed by atoms with E-state index in [-0.39, 0.29) is 23.1 Å². The molecular formula is C11H16O3. The monoisotopic (exact) mass is 196 g/mol. The van der Waals surface area contributed by atoms with Crippen LogP contribution in [0.3, 0.4) is 0 Å². The van der Waals surface area contributed by atoms with Crippen LogP contribution in [-0.4, -0.2) is 18.9 Å². The third-order valence-electron chi connectivity index (χ3n) is 3.84. The van der Waals surface area contributed by atoms with Gasteiger partial charge in [-0.2, -0.15) is 0 Å². The van der Waals surface area contributed by atoms with E-state index in [1.165, 1.54) is 13.5 Å². The zero-order valence-corrected chi connectivity index (χ0v) is 8.54. The van der Waals surface area contributed by atoms with E-state index in [1.54, 1.807) is 0 Å². The number of carbonyl (C=O) groups excluding carboxylic acids is 2. The highest BCUT2D eigenvalue weighted by Crippen LogP contribution is 2.53. The van der Waals surface area contributed by atoms with Crippen LogP contribution in [0.25, 0.3) is 0 Å². The minimum atomic E-state index is -0.314. The van der Waals surface area contributed by atoms with E-state index in [4.69, 9.17) is 4.74 Å². The topological polar surface area (TPSA) is 43.4 Å². The standard InChI is InChI=1S/C11H16O3/c1-14-10(13)8-7-9(12)11(8)5-3-2-4-6-11/h8H,2-7H2,1H3. The Bertz CT molecular complexity index is 262. The number of hydrogen-bond donors (Lipinski definition) is 0. The maximum absolute atomic E-state index is 11.6. The molecular weight excluding hydrogens is 180 g/mol. The molecule has 0 aromatic carbocycles. The number of hydrogen-bond acceptors (Lipinski definition) is 3. The minimum absolute atomic E-state index is 0.139. The van der Waals surface area contributed by atoms with E-state index in [2.05, 4.69) is 0 Å². The lowest BCUT2D eigenvalue weighted by Crippen LogP contribution is -2.54. The van der Waals surface area contributed by atoms with Crippen molar-refractivity contribution in [3.63, 3.8) is 0 Å². The van der Waals surface area contributed by atoms with Gasteiger partial charge < -0.3 is 4.74 Å². The Hall–Kier alpha value is -0.860. The zero-order valence-electron chi connectivity index (χ0n) is 8.54. The molecule has 0 aromatic heterocycles. The van der Waals surface area contributed by atoms with Crippen LogP contribution in [0.2, 0.25) is 0 Å². The average Bonchev–Trinajstić information content (AvgIpc) is 2.26. The Balaban J connectivity index is 2.14. The van der Waals surface area contributed by atoms with Gasteiger partial charge in [-0.25, -0.2) is 0 Å². The van der Waals surface area contributed by atoms with Crippen molar-refractivity contribution in [2.75, 3.05) is 7.11 Å². The minimum Gasteiger partial charge on any atom is -0.469 e. The lowest BCUT2D eigenvalue weighted by Gasteiger charge is -2.48. The molecule has 2 saturated carbocycles. The number of Topliss-reactive ketones (excluding diaryl/α,β-unsaturated/α-hetero) is 1. The van der Waals surface area contributed by atoms with E-state index in [0.29, 0.717) is 6.42 Å². The molecule has 0 aromatic rings. The number of ether oxygens (including phenoxy) is 1. The molecule has 3 nitrogen and oxygen atoms in total. The smallest absolute Gasteiger partial charge is 0.310 e. The Morgan fingerprint density at radius 1 is 1.36 bits per heavy atom. The number of methoxy groups -OCH3 is 1. The summed E-state index contributed by atoms with van der Waals surface area (Å²) in [5.41, 5.74) is -0.314. The van der Waals surface area contributed by atoms with Crippen LogP contribution in [0.1, 0.15) is 38.5 Å². The lowest BCUT2D eigenvalue weighted by atomic mass is 9.53. The molecule has 0 aliphatic heterocycles. The second kappa shape index (κ2) is 3.37. The summed E-state index contributed by atoms with van der Waals surface area (Å²) in [6.07, 6.45) is 5.56. The van der Waals surface area contributed by atoms with Crippen molar-refractivity contribution in [2.45, 2.75) is 38.5 Å². The maximum atomic E-state index is 11.6. The highest BCUT2D eigenvalue weighted by molar-refractivity contribution is 5.99. The average molecular weight is 196 g/mol. The second-order valence-corrected chi connectivity index (χ2v) is 4.42. The van der Waals surface area contributed by atoms with Crippen molar-refractivity contribution in [2.24, 2.45) is 11.3 Å². The summed E-state index contributed by atoms with van der Waals surface area (Å²) in [4.78, 5) is 23.1. The molecule has 0 saturated heterocycles. The molecule has 2 rings (SSSR count). The molecule has 1 unspecified atom stereocenters. The number of esters is 1. The summed E-state index contributed by atoms with van der Waals surface area (Å²) in [6.45, 7) is 0. The van der Waals surface area contributed by atoms with E-state index in [1.807, 2.05) is 0 Å². The first-order valence-electron chi connectivity index (χ1n) is 5.32. The molecule has 0 radical (unpaired) electrons. The zero-order chi connectivity index (χ0) is 10.2. The van der Waals surface area contributed by atoms with Crippen LogP contribution in [0.5, 0.6) is 0 Å². The van der Waals surface area contributed by atoms with Crippen molar-refractivity contribution in [1.29, 1.82) is 0 Å². The van der Waals surface area contributed by atoms with Gasteiger partial charge in [0.25, 0.3) is 0 Å². The maximum Gasteiger partial charge on any atom is 0.310 e. The summed E-state index contributed by atoms with van der Waals surface area (Å²) in [5, 5.41) is 0. The number of ketones is 1. The molecule has 2 fully saturated rings. The van der Waals surface area contributed by atoms with E-state index < -0.39 is 0 Å². The number of rotatable bonds is 1. The molecule has 1 atom stereocenters. The van der Waals surface area contributed by atoms with Crippen LogP contribution < -0.4 is 0 Å². The molecule has 14 heavy (non-hydrogen) atoms. The Kier molecular flexibility index (Phi) is 2.33. The van der Waals surface area contributed by atoms with Crippen LogP contribution >= 0.6 is 0 Å². The second-order valence-electron chi connectivity index (χ2n) is 4.42. The van der Waals surface area contributed by atoms with Gasteiger partial charge in [-0.1, -0.05) is 19.3 Å². The third kappa shape index (κ3) is 1.18. The first kappa shape index (κ1) is 9.69. The van der Waals surface area contributed by atoms with Gasteiger partial charge in [-0.3, -0.25) is 9.59 Å². The molecule has 2 aliphatic carbocycles. The summed E-state index contributed by atoms with van der Waals surface area (Å²) < 4.78 is 4.74. The molecule has 0 amide bonds. The molecule has 0 N–H and O–H groups in total. The Labute approximate surface area is 83.8 Å². The molecule has 1 spiro atoms. The molecule has 3 heteroatoms. The fourth-order valence-electron chi connectivity index (χ4n) is 2.91. The van der Waals surface area contributed by atoms with Gasteiger partial charge in [0, 0.05) is 11.8 Å². The van der Waals surface area contributed by atoms with E-state index in [9.17, 15) is 9.59 Å². The van der Waals surface area contributed by atoms with Gasteiger partial charge in [0.1, 0.15) is 5.78 Å². The Morgan fingerprint density at radius 2 is 2.00 bits per heavy atom. The molecule has 0 heterocycles. The third-order valence-corrected chi connectivity index (χ3v) is 3.84. The highest BCUT2D eigenvalue weighted by Gasteiger charge is 2.58. The van der Waals surface area contributed by atoms with Crippen molar-refractivity contribution < 1.29 is 14.3 Å². The fourth-order valence-corrected chi connectivity index (χ4v) is 2.91. The van der Waals surface area contributed by atoms with Gasteiger partial charge in [-0.15, -0.1) is 0 Å². The quantitative estimate of drug-likeness (QED) is 0.599. The van der Waals surface area contributed by atoms with Crippen LogP contribution in [-0.2, 0) is 14.3 Å². The van der Waals surface area contributed by atoms with Crippen LogP contribution in [0.15, 0.2) is 0 Å². The largest absolute Gasteiger partial charge is 0.469 e. The predicted octanol–water partition coefficient (Wildman–Crippen LogP) is 1.70. The summed E-state index contributed by atoms with van der Waals surface area (Å²) in [7, 11) is 1.40. The van der Waals surface area contributed by atoms with E-state index >= 15 is 0 Å². The van der Waals surface area contributed by atoms with Crippen LogP contribution in [0.4, 0.5) is 0 Å². The van der Waals surface area contributed by atoms with Gasteiger partial charge >= 0.3 is 5.97 Å². The predicted molar refractivity (Wildman–Crippen MR) is 50.6 cm³/mol. The normalized spacial score (nSPS) is 29.8. The van der Waals surface area contributed by atoms with Crippen molar-refractivity contribution in [3.8, 4) is 0 Å². The first-order chi connectivity index (χ1) is 6.70. The SMILES string of the molecule is COC(=O)C1CC(=O)C12CCCCC2. The van der Waals surface area contributed by atoms with Crippen LogP contribution in [0, 0.1) is 11.3 Å². The van der Waals surface area contributed by atoms with Crippen molar-refractivity contribution >= 4 is 11.8 Å². The molecule has 78 valence electrons. The summed E-state index contributed by atoms with van der Waals surface area (Å²) in [5.74, 6) is -0.0422. The summed E-state index contributed by atoms with van der Waals surface area (Å²) in [6, 6.07) is 0. The molecule has 2 aliphatic rings. The first-order valence-corrected chi connectivity index (χ1v) is 5.32. The highest BCUT2D eigenvalue weighted by atomic mass is 16.5. The van der Waals surface area contributed by atoms with Gasteiger partial charge in [-0.05, 0) is 12.8 Å². The summed E-state index contributed by atoms with van der Waals surface area (Å²) >= 11 is 0. The molecule has 0 bridgehead atoms. The Morgan fingerprint density at radius 3 is 2.50 bits per heavy atom. The van der Waals surface area contributed by atoms with Gasteiger partial charge in [0.2, 0.25) is 0 Å². The van der Waals surface area contributed by atoms with E-state index in [0.717, 1.165) is 25.7 Å². The van der Waals surface area contributed by atoms with Gasteiger partial charge in [0.15, 0.2) is 0 Å². The van der Waals surface area contributed by atoms with Gasteiger partial charge in [0.05, 0.1) is 13.0 Å². The lowest BCUT2D eigenvalue weighted by molar-refractivity contribution is -0.170. The fraction of sp³-hybridized carbons (Fsp3) is 0.818.